The molecular weight excluding hydrogens is 228 g/mol. The number of Topliss-reactive ketones (excluding diaryl/α,β-unsaturated/α-hetero) is 1. The summed E-state index contributed by atoms with van der Waals surface area (Å²) in [4.78, 5) is 22.8. The number of rotatable bonds is 2. The summed E-state index contributed by atoms with van der Waals surface area (Å²) in [6.45, 7) is 5.27. The smallest absolute Gasteiger partial charge is 0.329 e. The van der Waals surface area contributed by atoms with Gasteiger partial charge in [0.25, 0.3) is 0 Å². The largest absolute Gasteiger partial charge is 0.554 e. The Balaban J connectivity index is 0.000000673. The van der Waals surface area contributed by atoms with E-state index in [4.69, 9.17) is 15.6 Å². The number of carboxylic acid groups (broad SMARTS) is 1. The predicted molar refractivity (Wildman–Crippen MR) is 59.5 cm³/mol. The van der Waals surface area contributed by atoms with Crippen molar-refractivity contribution in [3.05, 3.63) is 11.1 Å². The number of hydrogen-bond acceptors (Lipinski definition) is 5. The molecule has 6 heteroatoms. The fourth-order valence-electron chi connectivity index (χ4n) is 0.876. The fourth-order valence-corrected chi connectivity index (χ4v) is 1.48. The summed E-state index contributed by atoms with van der Waals surface area (Å²) in [6.07, 6.45) is 0.442. The molecule has 0 unspecified atom stereocenters. The summed E-state index contributed by atoms with van der Waals surface area (Å²) in [5.41, 5.74) is 6.15. The number of nitrogens with two attached hydrogens (primary N) is 1. The molecule has 16 heavy (non-hydrogen) atoms. The molecule has 0 fully saturated rings. The van der Waals surface area contributed by atoms with E-state index in [9.17, 15) is 4.79 Å². The number of thiazole rings is 1. The molecular formula is C10H16N2O3S. The number of hydrogen-bond donors (Lipinski definition) is 1. The lowest BCUT2D eigenvalue weighted by Crippen LogP contribution is -2.25. The van der Waals surface area contributed by atoms with Crippen LogP contribution in [-0.4, -0.2) is 12.3 Å². The molecule has 1 aromatic rings. The van der Waals surface area contributed by atoms with Gasteiger partial charge in [-0.05, 0) is 0 Å². The van der Waals surface area contributed by atoms with Gasteiger partial charge in [-0.25, -0.2) is 4.98 Å². The van der Waals surface area contributed by atoms with Crippen LogP contribution >= 0.6 is 11.3 Å². The average molecular weight is 244 g/mol. The quantitative estimate of drug-likeness (QED) is 0.720. The van der Waals surface area contributed by atoms with Crippen LogP contribution < -0.4 is 15.8 Å². The maximum absolute atomic E-state index is 11.6. The van der Waals surface area contributed by atoms with Crippen molar-refractivity contribution in [2.24, 2.45) is 5.41 Å². The van der Waals surface area contributed by atoms with Crippen LogP contribution in [0.2, 0.25) is 0 Å². The Morgan fingerprint density at radius 2 is 2.12 bits per heavy atom. The average Bonchev–Trinajstić information content (AvgIpc) is 2.51. The normalized spacial score (nSPS) is 10.2. The van der Waals surface area contributed by atoms with Crippen LogP contribution in [0.25, 0.3) is 0 Å². The van der Waals surface area contributed by atoms with Gasteiger partial charge in [0, 0.05) is 17.3 Å². The molecule has 0 aliphatic heterocycles. The van der Waals surface area contributed by atoms with Crippen LogP contribution in [0, 0.1) is 5.41 Å². The molecule has 0 aliphatic carbocycles. The summed E-state index contributed by atoms with van der Waals surface area (Å²) in [5.74, 6) is 0.224. The van der Waals surface area contributed by atoms with Gasteiger partial charge in [0.1, 0.15) is 11.5 Å². The Labute approximate surface area is 98.3 Å². The molecule has 0 spiro atoms. The van der Waals surface area contributed by atoms with Gasteiger partial charge in [-0.15, -0.1) is 0 Å². The van der Waals surface area contributed by atoms with Gasteiger partial charge in [0.05, 0.1) is 6.42 Å². The molecule has 0 atom stereocenters. The van der Waals surface area contributed by atoms with Crippen LogP contribution in [0.15, 0.2) is 5.38 Å². The highest BCUT2D eigenvalue weighted by molar-refractivity contribution is 7.13. The molecule has 5 nitrogen and oxygen atoms in total. The van der Waals surface area contributed by atoms with Crippen molar-refractivity contribution in [1.82, 2.24) is 0 Å². The van der Waals surface area contributed by atoms with Gasteiger partial charge in [0.15, 0.2) is 0 Å². The second-order valence-corrected chi connectivity index (χ2v) is 5.11. The van der Waals surface area contributed by atoms with E-state index in [0.717, 1.165) is 5.69 Å². The second-order valence-electron chi connectivity index (χ2n) is 4.20. The van der Waals surface area contributed by atoms with E-state index >= 15 is 0 Å². The molecule has 1 rings (SSSR count). The van der Waals surface area contributed by atoms with E-state index < -0.39 is 6.47 Å². The maximum Gasteiger partial charge on any atom is 0.329 e. The number of H-pyrrole nitrogens is 1. The van der Waals surface area contributed by atoms with Gasteiger partial charge in [0.2, 0.25) is 0 Å². The lowest BCUT2D eigenvalue weighted by Gasteiger charge is -2.14. The highest BCUT2D eigenvalue weighted by Crippen LogP contribution is 2.17. The Bertz CT molecular complexity index is 355. The Morgan fingerprint density at radius 1 is 1.62 bits per heavy atom. The first-order valence-corrected chi connectivity index (χ1v) is 5.53. The third-order valence-electron chi connectivity index (χ3n) is 1.80. The topological polar surface area (TPSA) is 97.4 Å². The van der Waals surface area contributed by atoms with Gasteiger partial charge >= 0.3 is 5.13 Å². The predicted octanol–water partition coefficient (Wildman–Crippen LogP) is -0.332. The highest BCUT2D eigenvalue weighted by atomic mass is 32.1. The number of aromatic nitrogens is 1. The van der Waals surface area contributed by atoms with Crippen molar-refractivity contribution >= 4 is 28.7 Å². The van der Waals surface area contributed by atoms with E-state index in [1.807, 2.05) is 26.2 Å². The minimum absolute atomic E-state index is 0.224. The summed E-state index contributed by atoms with van der Waals surface area (Å²) in [6, 6.07) is 0. The fraction of sp³-hybridized carbons (Fsp3) is 0.500. The number of ketones is 1. The van der Waals surface area contributed by atoms with E-state index in [1.165, 1.54) is 11.3 Å². The first kappa shape index (κ1) is 14.6. The zero-order valence-electron chi connectivity index (χ0n) is 9.57. The first-order chi connectivity index (χ1) is 7.31. The molecule has 0 bridgehead atoms. The van der Waals surface area contributed by atoms with Crippen molar-refractivity contribution in [3.8, 4) is 0 Å². The number of carbonyl (C=O) groups excluding carboxylic acids is 2. The van der Waals surface area contributed by atoms with Gasteiger partial charge < -0.3 is 9.90 Å². The summed E-state index contributed by atoms with van der Waals surface area (Å²) in [5, 5.41) is 10.8. The van der Waals surface area contributed by atoms with Crippen molar-refractivity contribution in [1.29, 1.82) is 0 Å². The van der Waals surface area contributed by atoms with E-state index in [-0.39, 0.29) is 11.2 Å². The molecule has 0 aromatic carbocycles. The Kier molecular flexibility index (Phi) is 5.66. The van der Waals surface area contributed by atoms with Crippen LogP contribution in [-0.2, 0) is 16.0 Å². The number of nitrogens with one attached hydrogen (secondary N) is 1. The number of aromatic amines is 1. The molecule has 0 radical (unpaired) electrons. The monoisotopic (exact) mass is 244 g/mol. The van der Waals surface area contributed by atoms with Gasteiger partial charge in [-0.1, -0.05) is 32.1 Å². The van der Waals surface area contributed by atoms with E-state index in [2.05, 4.69) is 4.98 Å². The molecule has 90 valence electrons. The molecule has 1 heterocycles. The van der Waals surface area contributed by atoms with E-state index in [1.54, 1.807) is 0 Å². The summed E-state index contributed by atoms with van der Waals surface area (Å²) >= 11 is 1.43. The third kappa shape index (κ3) is 5.45. The number of nitrogen functional groups attached to an aromatic ring is 1. The maximum atomic E-state index is 11.6. The van der Waals surface area contributed by atoms with E-state index in [0.29, 0.717) is 11.6 Å². The van der Waals surface area contributed by atoms with Crippen LogP contribution in [0.5, 0.6) is 0 Å². The Hall–Kier alpha value is -1.43. The van der Waals surface area contributed by atoms with Gasteiger partial charge in [-0.2, -0.15) is 0 Å². The molecule has 0 aliphatic rings. The highest BCUT2D eigenvalue weighted by Gasteiger charge is 2.22. The van der Waals surface area contributed by atoms with Crippen molar-refractivity contribution in [3.63, 3.8) is 0 Å². The van der Waals surface area contributed by atoms with Crippen LogP contribution in [0.1, 0.15) is 26.5 Å². The van der Waals surface area contributed by atoms with Crippen molar-refractivity contribution in [2.75, 3.05) is 5.73 Å². The second kappa shape index (κ2) is 6.22. The standard InChI is InChI=1S/C9H14N2OS.CH2O2/c1-9(2,3)7(12)4-6-5-13-8(10)11-6;2-1-3/h5H,4H2,1-3H3,(H2,10,11);1H,(H,2,3). The lowest BCUT2D eigenvalue weighted by molar-refractivity contribution is -0.365. The summed E-state index contributed by atoms with van der Waals surface area (Å²) in [7, 11) is 0. The van der Waals surface area contributed by atoms with Crippen LogP contribution in [0.3, 0.4) is 0 Å². The van der Waals surface area contributed by atoms with Crippen molar-refractivity contribution < 1.29 is 19.7 Å². The Morgan fingerprint density at radius 3 is 2.44 bits per heavy atom. The SMILES string of the molecule is CC(C)(C)C(=O)Cc1csc(N)[nH+]1.O=C[O-]. The molecule has 1 aromatic heterocycles. The van der Waals surface area contributed by atoms with Crippen LogP contribution in [0.4, 0.5) is 5.13 Å². The summed E-state index contributed by atoms with van der Waals surface area (Å²) < 4.78 is 0. The molecule has 0 saturated heterocycles. The molecule has 0 saturated carbocycles. The zero-order valence-corrected chi connectivity index (χ0v) is 10.4. The minimum Gasteiger partial charge on any atom is -0.554 e. The van der Waals surface area contributed by atoms with Gasteiger partial charge in [-0.3, -0.25) is 10.5 Å². The lowest BCUT2D eigenvalue weighted by atomic mass is 9.88. The number of anilines is 1. The van der Waals surface area contributed by atoms with Crippen molar-refractivity contribution in [2.45, 2.75) is 27.2 Å². The molecule has 0 amide bonds. The zero-order chi connectivity index (χ0) is 12.8. The molecule has 3 N–H and O–H groups in total. The third-order valence-corrected chi connectivity index (χ3v) is 2.56. The first-order valence-electron chi connectivity index (χ1n) is 4.65. The number of carbonyl (C=O) groups is 2. The minimum atomic E-state index is -0.500.